The molecule has 2 aromatic heterocycles. The summed E-state index contributed by atoms with van der Waals surface area (Å²) < 4.78 is 13.1. The second-order valence-electron chi connectivity index (χ2n) is 6.77. The number of methoxy groups -OCH3 is 2. The molecule has 2 aromatic carbocycles. The fourth-order valence-electron chi connectivity index (χ4n) is 3.39. The van der Waals surface area contributed by atoms with E-state index < -0.39 is 11.9 Å². The van der Waals surface area contributed by atoms with Crippen molar-refractivity contribution in [3.05, 3.63) is 83.8 Å². The zero-order valence-electron chi connectivity index (χ0n) is 17.3. The second-order valence-corrected chi connectivity index (χ2v) is 6.77. The van der Waals surface area contributed by atoms with Crippen LogP contribution in [0.3, 0.4) is 0 Å². The molecule has 156 valence electrons. The number of hydrogen-bond donors (Lipinski definition) is 0. The summed E-state index contributed by atoms with van der Waals surface area (Å²) in [6.45, 7) is 1.93. The molecule has 4 rings (SSSR count). The van der Waals surface area contributed by atoms with Gasteiger partial charge in [-0.3, -0.25) is 0 Å². The van der Waals surface area contributed by atoms with Crippen molar-refractivity contribution in [3.63, 3.8) is 0 Å². The summed E-state index contributed by atoms with van der Waals surface area (Å²) in [4.78, 5) is 25.6. The summed E-state index contributed by atoms with van der Waals surface area (Å²) in [6, 6.07) is 16.6. The molecular weight excluding hydrogens is 396 g/mol. The van der Waals surface area contributed by atoms with E-state index >= 15 is 0 Å². The molecule has 0 aliphatic heterocycles. The van der Waals surface area contributed by atoms with E-state index in [9.17, 15) is 9.59 Å². The van der Waals surface area contributed by atoms with Crippen molar-refractivity contribution in [1.82, 2.24) is 19.6 Å². The zero-order chi connectivity index (χ0) is 22.0. The van der Waals surface area contributed by atoms with Crippen molar-refractivity contribution < 1.29 is 19.1 Å². The van der Waals surface area contributed by atoms with Gasteiger partial charge < -0.3 is 9.47 Å². The SMILES string of the molecule is COC(=O)c1c(-c2cc(C)ccc2-n2cccn2)nn(-c2ccccc2)c1C(=O)OC. The van der Waals surface area contributed by atoms with E-state index in [-0.39, 0.29) is 11.3 Å². The predicted octanol–water partition coefficient (Wildman–Crippen LogP) is 3.61. The van der Waals surface area contributed by atoms with Crippen molar-refractivity contribution in [1.29, 1.82) is 0 Å². The first-order valence-corrected chi connectivity index (χ1v) is 9.51. The molecular formula is C23H20N4O4. The largest absolute Gasteiger partial charge is 0.465 e. The van der Waals surface area contributed by atoms with E-state index in [1.165, 1.54) is 18.9 Å². The van der Waals surface area contributed by atoms with Crippen LogP contribution in [0.25, 0.3) is 22.6 Å². The van der Waals surface area contributed by atoms with Crippen LogP contribution in [0.15, 0.2) is 67.0 Å². The third kappa shape index (κ3) is 3.59. The van der Waals surface area contributed by atoms with Crippen LogP contribution in [0.1, 0.15) is 26.4 Å². The van der Waals surface area contributed by atoms with Gasteiger partial charge in [-0.25, -0.2) is 19.0 Å². The number of nitrogens with zero attached hydrogens (tertiary/aromatic N) is 4. The maximum atomic E-state index is 12.9. The first-order valence-electron chi connectivity index (χ1n) is 9.51. The number of benzene rings is 2. The van der Waals surface area contributed by atoms with E-state index in [4.69, 9.17) is 9.47 Å². The highest BCUT2D eigenvalue weighted by molar-refractivity contribution is 6.07. The molecule has 0 radical (unpaired) electrons. The predicted molar refractivity (Wildman–Crippen MR) is 114 cm³/mol. The fraction of sp³-hybridized carbons (Fsp3) is 0.130. The minimum atomic E-state index is -0.698. The van der Waals surface area contributed by atoms with Crippen LogP contribution in [-0.4, -0.2) is 45.7 Å². The lowest BCUT2D eigenvalue weighted by Crippen LogP contribution is -2.15. The number of para-hydroxylation sites is 1. The quantitative estimate of drug-likeness (QED) is 0.462. The molecule has 0 aliphatic rings. The Balaban J connectivity index is 2.09. The fourth-order valence-corrected chi connectivity index (χ4v) is 3.39. The maximum absolute atomic E-state index is 12.9. The Hall–Kier alpha value is -4.20. The highest BCUT2D eigenvalue weighted by Gasteiger charge is 2.32. The Morgan fingerprint density at radius 1 is 0.935 bits per heavy atom. The molecule has 8 nitrogen and oxygen atoms in total. The normalized spacial score (nSPS) is 10.7. The van der Waals surface area contributed by atoms with Gasteiger partial charge in [0.15, 0.2) is 5.69 Å². The van der Waals surface area contributed by atoms with Gasteiger partial charge in [-0.15, -0.1) is 0 Å². The Morgan fingerprint density at radius 2 is 1.68 bits per heavy atom. The van der Waals surface area contributed by atoms with Crippen LogP contribution in [0.5, 0.6) is 0 Å². The van der Waals surface area contributed by atoms with Crippen LogP contribution < -0.4 is 0 Å². The number of rotatable bonds is 5. The van der Waals surface area contributed by atoms with Crippen LogP contribution in [-0.2, 0) is 9.47 Å². The summed E-state index contributed by atoms with van der Waals surface area (Å²) >= 11 is 0. The van der Waals surface area contributed by atoms with E-state index in [0.717, 1.165) is 5.56 Å². The molecule has 2 heterocycles. The van der Waals surface area contributed by atoms with Crippen molar-refractivity contribution in [3.8, 4) is 22.6 Å². The minimum Gasteiger partial charge on any atom is -0.465 e. The first kappa shape index (κ1) is 20.1. The molecule has 0 fully saturated rings. The summed E-state index contributed by atoms with van der Waals surface area (Å²) in [5.74, 6) is -1.39. The summed E-state index contributed by atoms with van der Waals surface area (Å²) in [5.41, 5.74) is 3.20. The molecule has 0 N–H and O–H groups in total. The highest BCUT2D eigenvalue weighted by Crippen LogP contribution is 2.33. The van der Waals surface area contributed by atoms with Crippen LogP contribution in [0.4, 0.5) is 0 Å². The molecule has 0 aliphatic carbocycles. The van der Waals surface area contributed by atoms with Crippen molar-refractivity contribution >= 4 is 11.9 Å². The topological polar surface area (TPSA) is 88.2 Å². The van der Waals surface area contributed by atoms with Gasteiger partial charge in [-0.1, -0.05) is 29.8 Å². The average molecular weight is 416 g/mol. The molecule has 0 saturated heterocycles. The van der Waals surface area contributed by atoms with Gasteiger partial charge in [0.05, 0.1) is 25.6 Å². The van der Waals surface area contributed by atoms with E-state index in [1.54, 1.807) is 35.3 Å². The van der Waals surface area contributed by atoms with E-state index in [0.29, 0.717) is 22.6 Å². The number of esters is 2. The lowest BCUT2D eigenvalue weighted by Gasteiger charge is -2.10. The van der Waals surface area contributed by atoms with Gasteiger partial charge in [0.2, 0.25) is 0 Å². The molecule has 0 amide bonds. The maximum Gasteiger partial charge on any atom is 0.357 e. The molecule has 0 atom stereocenters. The van der Waals surface area contributed by atoms with Gasteiger partial charge in [0.1, 0.15) is 11.3 Å². The molecule has 0 unspecified atom stereocenters. The Bertz CT molecular complexity index is 1240. The number of carbonyl (C=O) groups excluding carboxylic acids is 2. The van der Waals surface area contributed by atoms with Crippen molar-refractivity contribution in [2.24, 2.45) is 0 Å². The molecule has 0 spiro atoms. The Kier molecular flexibility index (Phi) is 5.36. The van der Waals surface area contributed by atoms with Gasteiger partial charge >= 0.3 is 11.9 Å². The second kappa shape index (κ2) is 8.27. The number of aromatic nitrogens is 4. The smallest absolute Gasteiger partial charge is 0.357 e. The van der Waals surface area contributed by atoms with Crippen LogP contribution in [0.2, 0.25) is 0 Å². The van der Waals surface area contributed by atoms with Gasteiger partial charge in [0.25, 0.3) is 0 Å². The van der Waals surface area contributed by atoms with E-state index in [1.807, 2.05) is 43.3 Å². The van der Waals surface area contributed by atoms with Crippen molar-refractivity contribution in [2.45, 2.75) is 6.92 Å². The molecule has 0 saturated carbocycles. The summed E-state index contributed by atoms with van der Waals surface area (Å²) in [5, 5.41) is 8.98. The zero-order valence-corrected chi connectivity index (χ0v) is 17.3. The molecule has 8 heteroatoms. The monoisotopic (exact) mass is 416 g/mol. The van der Waals surface area contributed by atoms with E-state index in [2.05, 4.69) is 10.2 Å². The summed E-state index contributed by atoms with van der Waals surface area (Å²) in [6.07, 6.45) is 3.45. The molecule has 0 bridgehead atoms. The minimum absolute atomic E-state index is 0.0107. The number of hydrogen-bond acceptors (Lipinski definition) is 6. The average Bonchev–Trinajstić information content (AvgIpc) is 3.47. The number of ether oxygens (including phenoxy) is 2. The lowest BCUT2D eigenvalue weighted by atomic mass is 10.0. The highest BCUT2D eigenvalue weighted by atomic mass is 16.5. The third-order valence-corrected chi connectivity index (χ3v) is 4.81. The standard InChI is InChI=1S/C23H20N4O4/c1-15-10-11-18(26-13-7-12-24-26)17(14-15)20-19(22(28)30-2)21(23(29)31-3)27(25-20)16-8-5-4-6-9-16/h4-14H,1-3H3. The van der Waals surface area contributed by atoms with Crippen LogP contribution >= 0.6 is 0 Å². The Morgan fingerprint density at radius 3 is 2.32 bits per heavy atom. The molecule has 4 aromatic rings. The van der Waals surface area contributed by atoms with Gasteiger partial charge in [-0.2, -0.15) is 10.2 Å². The Labute approximate surface area is 178 Å². The number of aryl methyl sites for hydroxylation is 1. The van der Waals surface area contributed by atoms with Gasteiger partial charge in [0, 0.05) is 18.0 Å². The lowest BCUT2D eigenvalue weighted by molar-refractivity contribution is 0.0549. The number of carbonyl (C=O) groups is 2. The first-order chi connectivity index (χ1) is 15.0. The third-order valence-electron chi connectivity index (χ3n) is 4.81. The van der Waals surface area contributed by atoms with Crippen molar-refractivity contribution in [2.75, 3.05) is 14.2 Å². The van der Waals surface area contributed by atoms with Crippen LogP contribution in [0, 0.1) is 6.92 Å². The summed E-state index contributed by atoms with van der Waals surface area (Å²) in [7, 11) is 2.52. The van der Waals surface area contributed by atoms with Gasteiger partial charge in [-0.05, 0) is 37.3 Å². The molecule has 31 heavy (non-hydrogen) atoms.